The Kier molecular flexibility index (Phi) is 6.63. The number of nitrogens with zero attached hydrogens (tertiary/aromatic N) is 2. The topological polar surface area (TPSA) is 36.4 Å². The highest BCUT2D eigenvalue weighted by atomic mass is 35.5. The quantitative estimate of drug-likeness (QED) is 0.570. The SMILES string of the molecule is OC1(c2ccc(Cl)cc2)CCN(CCC=C(c2ccccc2)c2cccnc2)CC1. The average molecular weight is 419 g/mol. The van der Waals surface area contributed by atoms with Gasteiger partial charge in [-0.1, -0.05) is 66.2 Å². The van der Waals surface area contributed by atoms with Gasteiger partial charge in [0.2, 0.25) is 0 Å². The lowest BCUT2D eigenvalue weighted by Crippen LogP contribution is -2.42. The van der Waals surface area contributed by atoms with Gasteiger partial charge < -0.3 is 10.0 Å². The van der Waals surface area contributed by atoms with Gasteiger partial charge in [0.15, 0.2) is 0 Å². The molecule has 1 aliphatic rings. The first kappa shape index (κ1) is 20.8. The van der Waals surface area contributed by atoms with Crippen molar-refractivity contribution in [2.24, 2.45) is 0 Å². The maximum absolute atomic E-state index is 11.1. The van der Waals surface area contributed by atoms with E-state index in [9.17, 15) is 5.11 Å². The normalized spacial score (nSPS) is 17.1. The Balaban J connectivity index is 1.39. The zero-order valence-corrected chi connectivity index (χ0v) is 17.8. The van der Waals surface area contributed by atoms with E-state index < -0.39 is 5.60 Å². The van der Waals surface area contributed by atoms with Crippen LogP contribution < -0.4 is 0 Å². The van der Waals surface area contributed by atoms with E-state index in [-0.39, 0.29) is 0 Å². The Hall–Kier alpha value is -2.46. The first-order chi connectivity index (χ1) is 14.6. The maximum atomic E-state index is 11.1. The number of halogens is 1. The molecule has 3 nitrogen and oxygen atoms in total. The van der Waals surface area contributed by atoms with Gasteiger partial charge in [-0.3, -0.25) is 4.98 Å². The second-order valence-electron chi connectivity index (χ2n) is 7.89. The van der Waals surface area contributed by atoms with Crippen LogP contribution in [-0.2, 0) is 5.60 Å². The van der Waals surface area contributed by atoms with Crippen molar-refractivity contribution in [3.8, 4) is 0 Å². The Bertz CT molecular complexity index is 921. The predicted octanol–water partition coefficient (Wildman–Crippen LogP) is 5.54. The van der Waals surface area contributed by atoms with Gasteiger partial charge in [-0.05, 0) is 54.2 Å². The van der Waals surface area contributed by atoms with Crippen LogP contribution in [-0.4, -0.2) is 34.6 Å². The van der Waals surface area contributed by atoms with Crippen LogP contribution >= 0.6 is 11.6 Å². The summed E-state index contributed by atoms with van der Waals surface area (Å²) in [5, 5.41) is 11.8. The molecule has 0 saturated carbocycles. The second kappa shape index (κ2) is 9.57. The summed E-state index contributed by atoms with van der Waals surface area (Å²) in [5.41, 5.74) is 3.79. The van der Waals surface area contributed by atoms with Gasteiger partial charge in [-0.25, -0.2) is 0 Å². The van der Waals surface area contributed by atoms with Crippen molar-refractivity contribution in [3.05, 3.63) is 107 Å². The van der Waals surface area contributed by atoms with Gasteiger partial charge in [-0.15, -0.1) is 0 Å². The van der Waals surface area contributed by atoms with Crippen molar-refractivity contribution < 1.29 is 5.11 Å². The van der Waals surface area contributed by atoms with Crippen molar-refractivity contribution in [1.29, 1.82) is 0 Å². The summed E-state index contributed by atoms with van der Waals surface area (Å²) in [7, 11) is 0. The molecule has 1 fully saturated rings. The first-order valence-corrected chi connectivity index (χ1v) is 10.9. The van der Waals surface area contributed by atoms with Gasteiger partial charge in [0.05, 0.1) is 5.60 Å². The number of benzene rings is 2. The smallest absolute Gasteiger partial charge is 0.0920 e. The van der Waals surface area contributed by atoms with E-state index in [0.717, 1.165) is 50.0 Å². The molecule has 1 N–H and O–H groups in total. The van der Waals surface area contributed by atoms with E-state index in [2.05, 4.69) is 46.3 Å². The number of piperidine rings is 1. The highest BCUT2D eigenvalue weighted by molar-refractivity contribution is 6.30. The summed E-state index contributed by atoms with van der Waals surface area (Å²) in [5.74, 6) is 0. The van der Waals surface area contributed by atoms with Gasteiger partial charge in [0.25, 0.3) is 0 Å². The third-order valence-electron chi connectivity index (χ3n) is 5.92. The number of aliphatic hydroxyl groups is 1. The van der Waals surface area contributed by atoms with E-state index in [0.29, 0.717) is 5.02 Å². The number of pyridine rings is 1. The van der Waals surface area contributed by atoms with Crippen molar-refractivity contribution in [1.82, 2.24) is 9.88 Å². The number of hydrogen-bond donors (Lipinski definition) is 1. The summed E-state index contributed by atoms with van der Waals surface area (Å²) in [6.45, 7) is 2.76. The second-order valence-corrected chi connectivity index (χ2v) is 8.33. The lowest BCUT2D eigenvalue weighted by molar-refractivity contribution is -0.0254. The molecule has 0 atom stereocenters. The van der Waals surface area contributed by atoms with Crippen LogP contribution in [0.4, 0.5) is 0 Å². The molecule has 1 aliphatic heterocycles. The molecule has 2 heterocycles. The number of rotatable bonds is 6. The average Bonchev–Trinajstić information content (AvgIpc) is 2.79. The zero-order valence-electron chi connectivity index (χ0n) is 17.0. The molecular formula is C26H27ClN2O. The third-order valence-corrected chi connectivity index (χ3v) is 6.17. The minimum Gasteiger partial charge on any atom is -0.385 e. The standard InChI is InChI=1S/C26H27ClN2O/c27-24-12-10-23(11-13-24)26(30)14-18-29(19-15-26)17-5-9-25(21-6-2-1-3-7-21)22-8-4-16-28-20-22/h1-4,6-13,16,20,30H,5,14-15,17-19H2. The van der Waals surface area contributed by atoms with Gasteiger partial charge in [0.1, 0.15) is 0 Å². The molecule has 1 aromatic heterocycles. The summed E-state index contributed by atoms with van der Waals surface area (Å²) in [4.78, 5) is 6.73. The van der Waals surface area contributed by atoms with Crippen molar-refractivity contribution in [2.45, 2.75) is 24.9 Å². The maximum Gasteiger partial charge on any atom is 0.0920 e. The summed E-state index contributed by atoms with van der Waals surface area (Å²) >= 11 is 5.99. The number of likely N-dealkylation sites (tertiary alicyclic amines) is 1. The fourth-order valence-electron chi connectivity index (χ4n) is 4.13. The van der Waals surface area contributed by atoms with Crippen LogP contribution in [0.25, 0.3) is 5.57 Å². The lowest BCUT2D eigenvalue weighted by atomic mass is 9.84. The monoisotopic (exact) mass is 418 g/mol. The van der Waals surface area contributed by atoms with Crippen molar-refractivity contribution in [2.75, 3.05) is 19.6 Å². The molecule has 154 valence electrons. The molecule has 0 amide bonds. The molecule has 0 radical (unpaired) electrons. The van der Waals surface area contributed by atoms with Gasteiger partial charge in [0, 0.05) is 42.6 Å². The predicted molar refractivity (Wildman–Crippen MR) is 123 cm³/mol. The van der Waals surface area contributed by atoms with Crippen LogP contribution in [0, 0.1) is 0 Å². The molecular weight excluding hydrogens is 392 g/mol. The van der Waals surface area contributed by atoms with Crippen LogP contribution in [0.5, 0.6) is 0 Å². The minimum absolute atomic E-state index is 0.703. The molecule has 0 bridgehead atoms. The van der Waals surface area contributed by atoms with E-state index in [1.54, 1.807) is 0 Å². The molecule has 0 aliphatic carbocycles. The highest BCUT2D eigenvalue weighted by Crippen LogP contribution is 2.33. The molecule has 2 aromatic carbocycles. The highest BCUT2D eigenvalue weighted by Gasteiger charge is 2.33. The first-order valence-electron chi connectivity index (χ1n) is 10.5. The fraction of sp³-hybridized carbons (Fsp3) is 0.269. The van der Waals surface area contributed by atoms with Crippen molar-refractivity contribution in [3.63, 3.8) is 0 Å². The number of aromatic nitrogens is 1. The molecule has 1 saturated heterocycles. The minimum atomic E-state index is -0.748. The largest absolute Gasteiger partial charge is 0.385 e. The van der Waals surface area contributed by atoms with Crippen molar-refractivity contribution >= 4 is 17.2 Å². The van der Waals surface area contributed by atoms with Gasteiger partial charge in [-0.2, -0.15) is 0 Å². The van der Waals surface area contributed by atoms with E-state index >= 15 is 0 Å². The van der Waals surface area contributed by atoms with Crippen LogP contribution in [0.2, 0.25) is 5.02 Å². The number of hydrogen-bond acceptors (Lipinski definition) is 3. The lowest BCUT2D eigenvalue weighted by Gasteiger charge is -2.38. The van der Waals surface area contributed by atoms with Crippen LogP contribution in [0.15, 0.2) is 85.2 Å². The summed E-state index contributed by atoms with van der Waals surface area (Å²) in [6, 6.07) is 22.2. The Morgan fingerprint density at radius 2 is 1.67 bits per heavy atom. The Morgan fingerprint density at radius 3 is 2.33 bits per heavy atom. The molecule has 4 rings (SSSR count). The Morgan fingerprint density at radius 1 is 0.967 bits per heavy atom. The summed E-state index contributed by atoms with van der Waals surface area (Å²) < 4.78 is 0. The molecule has 0 unspecified atom stereocenters. The van der Waals surface area contributed by atoms with Crippen LogP contribution in [0.1, 0.15) is 36.0 Å². The molecule has 4 heteroatoms. The Labute approximate surface area is 183 Å². The fourth-order valence-corrected chi connectivity index (χ4v) is 4.25. The molecule has 0 spiro atoms. The van der Waals surface area contributed by atoms with E-state index in [1.165, 1.54) is 11.1 Å². The van der Waals surface area contributed by atoms with E-state index in [4.69, 9.17) is 11.6 Å². The van der Waals surface area contributed by atoms with E-state index in [1.807, 2.05) is 48.8 Å². The molecule has 30 heavy (non-hydrogen) atoms. The molecule has 3 aromatic rings. The van der Waals surface area contributed by atoms with Crippen LogP contribution in [0.3, 0.4) is 0 Å². The zero-order chi connectivity index (χ0) is 20.8. The summed E-state index contributed by atoms with van der Waals surface area (Å²) in [6.07, 6.45) is 8.48. The third kappa shape index (κ3) is 4.99. The van der Waals surface area contributed by atoms with Gasteiger partial charge >= 0.3 is 0 Å².